The number of carboxylic acid groups (broad SMARTS) is 1. The van der Waals surface area contributed by atoms with E-state index in [1.807, 2.05) is 19.9 Å². The summed E-state index contributed by atoms with van der Waals surface area (Å²) in [5, 5.41) is 8.94. The van der Waals surface area contributed by atoms with E-state index >= 15 is 0 Å². The molecule has 0 fully saturated rings. The number of rotatable bonds is 4. The zero-order valence-electron chi connectivity index (χ0n) is 11.8. The highest BCUT2D eigenvalue weighted by molar-refractivity contribution is 7.93. The number of hydrogen-bond acceptors (Lipinski definition) is 4. The fourth-order valence-corrected chi connectivity index (χ4v) is 4.33. The number of benzene rings is 1. The van der Waals surface area contributed by atoms with Crippen molar-refractivity contribution in [1.29, 1.82) is 0 Å². The van der Waals surface area contributed by atoms with E-state index in [0.717, 1.165) is 22.5 Å². The number of carbonyl (C=O) groups is 1. The smallest absolute Gasteiger partial charge is 0.345 e. The van der Waals surface area contributed by atoms with E-state index in [1.165, 1.54) is 6.07 Å². The Hall–Kier alpha value is -1.86. The van der Waals surface area contributed by atoms with Gasteiger partial charge in [0.2, 0.25) is 0 Å². The minimum atomic E-state index is -3.79. The van der Waals surface area contributed by atoms with E-state index < -0.39 is 16.0 Å². The molecule has 7 heteroatoms. The summed E-state index contributed by atoms with van der Waals surface area (Å²) >= 11 is 0.947. The molecular weight excluding hydrogens is 310 g/mol. The van der Waals surface area contributed by atoms with Crippen molar-refractivity contribution in [2.45, 2.75) is 25.7 Å². The molecular formula is C14H15NO4S2. The van der Waals surface area contributed by atoms with Crippen molar-refractivity contribution in [3.05, 3.63) is 45.1 Å². The number of hydrogen-bond donors (Lipinski definition) is 2. The van der Waals surface area contributed by atoms with Gasteiger partial charge < -0.3 is 5.11 Å². The van der Waals surface area contributed by atoms with Gasteiger partial charge in [0.15, 0.2) is 0 Å². The molecule has 112 valence electrons. The summed E-state index contributed by atoms with van der Waals surface area (Å²) in [5.74, 6) is -1.13. The molecule has 2 aromatic rings. The molecule has 5 nitrogen and oxygen atoms in total. The standard InChI is InChI=1S/C14H15NO4S2/c1-8-4-5-11(6-9(8)2)15-21(18,19)13-7-12(14(16)17)20-10(13)3/h4-7,15H,1-3H3,(H,16,17). The van der Waals surface area contributed by atoms with E-state index in [2.05, 4.69) is 4.72 Å². The molecule has 0 atom stereocenters. The van der Waals surface area contributed by atoms with Gasteiger partial charge in [-0.05, 0) is 50.1 Å². The minimum Gasteiger partial charge on any atom is -0.477 e. The normalized spacial score (nSPS) is 11.4. The van der Waals surface area contributed by atoms with Gasteiger partial charge in [0.25, 0.3) is 10.0 Å². The van der Waals surface area contributed by atoms with E-state index in [4.69, 9.17) is 5.11 Å². The summed E-state index contributed by atoms with van der Waals surface area (Å²) in [4.78, 5) is 11.4. The maximum Gasteiger partial charge on any atom is 0.345 e. The van der Waals surface area contributed by atoms with E-state index in [9.17, 15) is 13.2 Å². The number of carboxylic acids is 1. The largest absolute Gasteiger partial charge is 0.477 e. The van der Waals surface area contributed by atoms with Crippen molar-refractivity contribution >= 4 is 33.0 Å². The third kappa shape index (κ3) is 3.25. The van der Waals surface area contributed by atoms with Crippen molar-refractivity contribution in [3.8, 4) is 0 Å². The van der Waals surface area contributed by atoms with Crippen molar-refractivity contribution in [2.75, 3.05) is 4.72 Å². The molecule has 0 saturated carbocycles. The average molecular weight is 325 g/mol. The highest BCUT2D eigenvalue weighted by Crippen LogP contribution is 2.27. The second-order valence-corrected chi connectivity index (χ2v) is 7.65. The zero-order chi connectivity index (χ0) is 15.8. The van der Waals surface area contributed by atoms with Gasteiger partial charge in [0, 0.05) is 10.6 Å². The van der Waals surface area contributed by atoms with E-state index in [1.54, 1.807) is 19.1 Å². The highest BCUT2D eigenvalue weighted by atomic mass is 32.2. The van der Waals surface area contributed by atoms with Crippen LogP contribution in [0.5, 0.6) is 0 Å². The monoisotopic (exact) mass is 325 g/mol. The Morgan fingerprint density at radius 3 is 2.33 bits per heavy atom. The van der Waals surface area contributed by atoms with Gasteiger partial charge in [0.05, 0.1) is 0 Å². The third-order valence-electron chi connectivity index (χ3n) is 3.13. The lowest BCUT2D eigenvalue weighted by atomic mass is 10.1. The van der Waals surface area contributed by atoms with E-state index in [0.29, 0.717) is 10.6 Å². The van der Waals surface area contributed by atoms with Crippen LogP contribution in [0.3, 0.4) is 0 Å². The van der Waals surface area contributed by atoms with Crippen LogP contribution >= 0.6 is 11.3 Å². The first kappa shape index (κ1) is 15.5. The quantitative estimate of drug-likeness (QED) is 0.904. The Bertz CT molecular complexity index is 806. The summed E-state index contributed by atoms with van der Waals surface area (Å²) < 4.78 is 27.2. The van der Waals surface area contributed by atoms with Crippen LogP contribution in [0.2, 0.25) is 0 Å². The number of aromatic carboxylic acids is 1. The molecule has 1 aromatic heterocycles. The molecule has 1 heterocycles. The first-order valence-corrected chi connectivity index (χ1v) is 8.44. The highest BCUT2D eigenvalue weighted by Gasteiger charge is 2.22. The molecule has 21 heavy (non-hydrogen) atoms. The predicted molar refractivity (Wildman–Crippen MR) is 82.7 cm³/mol. The van der Waals surface area contributed by atoms with Crippen LogP contribution in [0.25, 0.3) is 0 Å². The lowest BCUT2D eigenvalue weighted by Gasteiger charge is -2.09. The van der Waals surface area contributed by atoms with Crippen LogP contribution in [0, 0.1) is 20.8 Å². The molecule has 2 rings (SSSR count). The summed E-state index contributed by atoms with van der Waals surface area (Å²) in [5.41, 5.74) is 2.50. The Kier molecular flexibility index (Phi) is 4.06. The number of nitrogens with one attached hydrogen (secondary N) is 1. The van der Waals surface area contributed by atoms with Gasteiger partial charge in [0.1, 0.15) is 9.77 Å². The molecule has 0 aliphatic rings. The summed E-state index contributed by atoms with van der Waals surface area (Å²) in [6.07, 6.45) is 0. The van der Waals surface area contributed by atoms with E-state index in [-0.39, 0.29) is 9.77 Å². The van der Waals surface area contributed by atoms with Crippen molar-refractivity contribution in [3.63, 3.8) is 0 Å². The lowest BCUT2D eigenvalue weighted by molar-refractivity contribution is 0.0702. The van der Waals surface area contributed by atoms with Gasteiger partial charge in [-0.15, -0.1) is 11.3 Å². The van der Waals surface area contributed by atoms with Gasteiger partial charge >= 0.3 is 5.97 Å². The SMILES string of the molecule is Cc1ccc(NS(=O)(=O)c2cc(C(=O)O)sc2C)cc1C. The molecule has 0 unspecified atom stereocenters. The molecule has 0 aliphatic heterocycles. The molecule has 0 saturated heterocycles. The predicted octanol–water partition coefficient (Wildman–Crippen LogP) is 3.17. The number of thiophene rings is 1. The summed E-state index contributed by atoms with van der Waals surface area (Å²) in [7, 11) is -3.79. The van der Waals surface area contributed by atoms with Crippen LogP contribution in [0.15, 0.2) is 29.2 Å². The van der Waals surface area contributed by atoms with Gasteiger partial charge in [-0.2, -0.15) is 0 Å². The van der Waals surface area contributed by atoms with Crippen molar-refractivity contribution in [1.82, 2.24) is 0 Å². The topological polar surface area (TPSA) is 83.5 Å². The first-order valence-electron chi connectivity index (χ1n) is 6.14. The molecule has 0 amide bonds. The molecule has 0 aliphatic carbocycles. The van der Waals surface area contributed by atoms with Gasteiger partial charge in [-0.1, -0.05) is 6.07 Å². The Balaban J connectivity index is 2.38. The molecule has 0 bridgehead atoms. The Morgan fingerprint density at radius 1 is 1.14 bits per heavy atom. The van der Waals surface area contributed by atoms with Crippen LogP contribution in [0.1, 0.15) is 25.7 Å². The lowest BCUT2D eigenvalue weighted by Crippen LogP contribution is -2.13. The van der Waals surface area contributed by atoms with Crippen LogP contribution in [0.4, 0.5) is 5.69 Å². The Morgan fingerprint density at radius 2 is 1.81 bits per heavy atom. The van der Waals surface area contributed by atoms with Crippen molar-refractivity contribution < 1.29 is 18.3 Å². The van der Waals surface area contributed by atoms with Gasteiger partial charge in [-0.3, -0.25) is 4.72 Å². The van der Waals surface area contributed by atoms with Crippen LogP contribution < -0.4 is 4.72 Å². The average Bonchev–Trinajstić information content (AvgIpc) is 2.77. The van der Waals surface area contributed by atoms with Crippen LogP contribution in [-0.2, 0) is 10.0 Å². The third-order valence-corrected chi connectivity index (χ3v) is 5.81. The first-order chi connectivity index (χ1) is 9.70. The number of anilines is 1. The Labute approximate surface area is 127 Å². The van der Waals surface area contributed by atoms with Crippen molar-refractivity contribution in [2.24, 2.45) is 0 Å². The second-order valence-electron chi connectivity index (χ2n) is 4.74. The summed E-state index contributed by atoms with van der Waals surface area (Å²) in [6, 6.07) is 6.44. The minimum absolute atomic E-state index is 0.00290. The maximum atomic E-state index is 12.4. The second kappa shape index (κ2) is 5.50. The molecule has 0 spiro atoms. The maximum absolute atomic E-state index is 12.4. The fraction of sp³-hybridized carbons (Fsp3) is 0.214. The fourth-order valence-electron chi connectivity index (χ4n) is 1.85. The molecule has 0 radical (unpaired) electrons. The summed E-state index contributed by atoms with van der Waals surface area (Å²) in [6.45, 7) is 5.42. The zero-order valence-corrected chi connectivity index (χ0v) is 13.4. The number of sulfonamides is 1. The van der Waals surface area contributed by atoms with Crippen LogP contribution in [-0.4, -0.2) is 19.5 Å². The molecule has 2 N–H and O–H groups in total. The van der Waals surface area contributed by atoms with Gasteiger partial charge in [-0.25, -0.2) is 13.2 Å². The number of aryl methyl sites for hydroxylation is 3. The molecule has 1 aromatic carbocycles.